The Morgan fingerprint density at radius 1 is 1.62 bits per heavy atom. The quantitative estimate of drug-likeness (QED) is 0.855. The molecule has 3 nitrogen and oxygen atoms in total. The van der Waals surface area contributed by atoms with Crippen molar-refractivity contribution >= 4 is 11.8 Å². The lowest BCUT2D eigenvalue weighted by molar-refractivity contribution is 0.521. The molecule has 2 rings (SSSR count). The number of hydrogen-bond donors (Lipinski definition) is 1. The van der Waals surface area contributed by atoms with Crippen molar-refractivity contribution in [3.05, 3.63) is 18.2 Å². The molecule has 1 aliphatic rings. The summed E-state index contributed by atoms with van der Waals surface area (Å²) >= 11 is 2.10. The highest BCUT2D eigenvalue weighted by molar-refractivity contribution is 8.00. The maximum atomic E-state index is 4.37. The molecule has 1 atom stereocenters. The van der Waals surface area contributed by atoms with Crippen molar-refractivity contribution in [3.63, 3.8) is 0 Å². The van der Waals surface area contributed by atoms with Crippen LogP contribution in [0, 0.1) is 0 Å². The second-order valence-corrected chi connectivity index (χ2v) is 6.32. The number of aryl methyl sites for hydroxylation is 1. The summed E-state index contributed by atoms with van der Waals surface area (Å²) in [7, 11) is 0. The van der Waals surface area contributed by atoms with Gasteiger partial charge < -0.3 is 9.88 Å². The van der Waals surface area contributed by atoms with Gasteiger partial charge in [0.25, 0.3) is 0 Å². The van der Waals surface area contributed by atoms with Crippen LogP contribution in [0.3, 0.4) is 0 Å². The lowest BCUT2D eigenvalue weighted by Crippen LogP contribution is -2.33. The molecule has 1 aliphatic heterocycles. The minimum absolute atomic E-state index is 0.448. The summed E-state index contributed by atoms with van der Waals surface area (Å²) in [6.45, 7) is 7.50. The summed E-state index contributed by atoms with van der Waals surface area (Å²) in [5, 5.41) is 3.54. The number of imidazole rings is 1. The van der Waals surface area contributed by atoms with E-state index in [0.29, 0.717) is 4.75 Å². The van der Waals surface area contributed by atoms with E-state index in [1.54, 1.807) is 0 Å². The van der Waals surface area contributed by atoms with Gasteiger partial charge in [0, 0.05) is 30.2 Å². The Labute approximate surface area is 102 Å². The lowest BCUT2D eigenvalue weighted by Gasteiger charge is -2.22. The Bertz CT molecular complexity index is 329. The Morgan fingerprint density at radius 3 is 3.19 bits per heavy atom. The fourth-order valence-electron chi connectivity index (χ4n) is 2.21. The normalized spacial score (nSPS) is 25.1. The molecule has 0 spiro atoms. The average Bonchev–Trinajstić information content (AvgIpc) is 2.88. The third-order valence-electron chi connectivity index (χ3n) is 3.22. The average molecular weight is 239 g/mol. The zero-order valence-electron chi connectivity index (χ0n) is 10.2. The van der Waals surface area contributed by atoms with Crippen LogP contribution in [0.1, 0.15) is 32.5 Å². The summed E-state index contributed by atoms with van der Waals surface area (Å²) in [5.41, 5.74) is 0. The maximum absolute atomic E-state index is 4.37. The second-order valence-electron chi connectivity index (χ2n) is 4.63. The first-order valence-electron chi connectivity index (χ1n) is 6.08. The van der Waals surface area contributed by atoms with Crippen LogP contribution < -0.4 is 5.32 Å². The number of hydrogen-bond acceptors (Lipinski definition) is 3. The summed E-state index contributed by atoms with van der Waals surface area (Å²) < 4.78 is 2.64. The molecule has 16 heavy (non-hydrogen) atoms. The molecule has 1 fully saturated rings. The van der Waals surface area contributed by atoms with Crippen LogP contribution in [-0.4, -0.2) is 26.6 Å². The van der Waals surface area contributed by atoms with E-state index in [1.165, 1.54) is 18.6 Å². The molecule has 0 radical (unpaired) electrons. The summed E-state index contributed by atoms with van der Waals surface area (Å²) in [4.78, 5) is 4.37. The van der Waals surface area contributed by atoms with Crippen LogP contribution in [-0.2, 0) is 13.1 Å². The third kappa shape index (κ3) is 2.80. The number of nitrogens with zero attached hydrogens (tertiary/aromatic N) is 2. The lowest BCUT2D eigenvalue weighted by atomic mass is 10.1. The smallest absolute Gasteiger partial charge is 0.122 e. The van der Waals surface area contributed by atoms with Gasteiger partial charge in [-0.25, -0.2) is 4.98 Å². The van der Waals surface area contributed by atoms with E-state index in [9.17, 15) is 0 Å². The van der Waals surface area contributed by atoms with E-state index in [-0.39, 0.29) is 0 Å². The zero-order chi connectivity index (χ0) is 11.4. The highest BCUT2D eigenvalue weighted by Crippen LogP contribution is 2.36. The predicted molar refractivity (Wildman–Crippen MR) is 69.7 cm³/mol. The number of aromatic nitrogens is 2. The minimum Gasteiger partial charge on any atom is -0.334 e. The van der Waals surface area contributed by atoms with E-state index in [1.807, 2.05) is 12.4 Å². The fourth-order valence-corrected chi connectivity index (χ4v) is 3.48. The van der Waals surface area contributed by atoms with Gasteiger partial charge in [0.05, 0.1) is 6.54 Å². The summed E-state index contributed by atoms with van der Waals surface area (Å²) in [6.07, 6.45) is 6.63. The summed E-state index contributed by atoms with van der Waals surface area (Å²) in [5.74, 6) is 2.47. The van der Waals surface area contributed by atoms with E-state index in [2.05, 4.69) is 40.5 Å². The van der Waals surface area contributed by atoms with Gasteiger partial charge in [0.15, 0.2) is 0 Å². The van der Waals surface area contributed by atoms with Crippen molar-refractivity contribution in [2.24, 2.45) is 0 Å². The molecule has 1 unspecified atom stereocenters. The van der Waals surface area contributed by atoms with Crippen LogP contribution in [0.5, 0.6) is 0 Å². The largest absolute Gasteiger partial charge is 0.334 e. The first-order chi connectivity index (χ1) is 7.73. The van der Waals surface area contributed by atoms with Crippen LogP contribution in [0.25, 0.3) is 0 Å². The van der Waals surface area contributed by atoms with E-state index in [0.717, 1.165) is 25.5 Å². The first-order valence-corrected chi connectivity index (χ1v) is 7.07. The van der Waals surface area contributed by atoms with Gasteiger partial charge in [-0.15, -0.1) is 0 Å². The van der Waals surface area contributed by atoms with Gasteiger partial charge in [-0.3, -0.25) is 0 Å². The van der Waals surface area contributed by atoms with E-state index in [4.69, 9.17) is 0 Å². The third-order valence-corrected chi connectivity index (χ3v) is 4.76. The first kappa shape index (κ1) is 12.0. The minimum atomic E-state index is 0.448. The van der Waals surface area contributed by atoms with Crippen molar-refractivity contribution in [1.82, 2.24) is 14.9 Å². The van der Waals surface area contributed by atoms with Gasteiger partial charge in [-0.2, -0.15) is 11.8 Å². The number of nitrogens with one attached hydrogen (secondary N) is 1. The molecule has 0 aliphatic carbocycles. The molecule has 1 saturated heterocycles. The number of rotatable bonds is 5. The Kier molecular flexibility index (Phi) is 3.92. The standard InChI is InChI=1S/C12H21N3S/c1-3-15-7-6-14-11(15)9-13-10-12(2)5-4-8-16-12/h6-7,13H,3-5,8-10H2,1-2H3. The van der Waals surface area contributed by atoms with E-state index >= 15 is 0 Å². The molecule has 0 amide bonds. The highest BCUT2D eigenvalue weighted by Gasteiger charge is 2.28. The second kappa shape index (κ2) is 5.23. The molecular weight excluding hydrogens is 218 g/mol. The molecule has 2 heterocycles. The SMILES string of the molecule is CCn1ccnc1CNCC1(C)CCCS1. The molecule has 0 aromatic carbocycles. The Hall–Kier alpha value is -0.480. The van der Waals surface area contributed by atoms with E-state index < -0.39 is 0 Å². The van der Waals surface area contributed by atoms with Gasteiger partial charge in [0.1, 0.15) is 5.82 Å². The molecule has 0 saturated carbocycles. The fraction of sp³-hybridized carbons (Fsp3) is 0.750. The molecule has 1 aromatic rings. The molecule has 1 N–H and O–H groups in total. The van der Waals surface area contributed by atoms with Crippen LogP contribution >= 0.6 is 11.8 Å². The monoisotopic (exact) mass is 239 g/mol. The van der Waals surface area contributed by atoms with Crippen LogP contribution in [0.4, 0.5) is 0 Å². The molecule has 0 bridgehead atoms. The van der Waals surface area contributed by atoms with Crippen molar-refractivity contribution in [3.8, 4) is 0 Å². The molecule has 4 heteroatoms. The Morgan fingerprint density at radius 2 is 2.50 bits per heavy atom. The Balaban J connectivity index is 1.79. The van der Waals surface area contributed by atoms with Crippen LogP contribution in [0.15, 0.2) is 12.4 Å². The van der Waals surface area contributed by atoms with Gasteiger partial charge in [-0.1, -0.05) is 0 Å². The topological polar surface area (TPSA) is 29.9 Å². The summed E-state index contributed by atoms with van der Waals surface area (Å²) in [6, 6.07) is 0. The van der Waals surface area contributed by atoms with Gasteiger partial charge in [-0.05, 0) is 32.4 Å². The predicted octanol–water partition coefficient (Wildman–Crippen LogP) is 2.28. The molecule has 1 aromatic heterocycles. The zero-order valence-corrected chi connectivity index (χ0v) is 11.0. The van der Waals surface area contributed by atoms with Crippen molar-refractivity contribution in [2.75, 3.05) is 12.3 Å². The van der Waals surface area contributed by atoms with Gasteiger partial charge in [0.2, 0.25) is 0 Å². The van der Waals surface area contributed by atoms with Gasteiger partial charge >= 0.3 is 0 Å². The molecule has 90 valence electrons. The van der Waals surface area contributed by atoms with Crippen molar-refractivity contribution < 1.29 is 0 Å². The molecular formula is C12H21N3S. The maximum Gasteiger partial charge on any atom is 0.122 e. The van der Waals surface area contributed by atoms with Crippen molar-refractivity contribution in [1.29, 1.82) is 0 Å². The van der Waals surface area contributed by atoms with Crippen molar-refractivity contribution in [2.45, 2.75) is 44.5 Å². The highest BCUT2D eigenvalue weighted by atomic mass is 32.2. The number of thioether (sulfide) groups is 1. The van der Waals surface area contributed by atoms with Crippen LogP contribution in [0.2, 0.25) is 0 Å².